The Balaban J connectivity index is 2.70. The fraction of sp³-hybridized carbons (Fsp3) is 0.444. The van der Waals surface area contributed by atoms with Crippen molar-refractivity contribution in [2.45, 2.75) is 19.2 Å². The summed E-state index contributed by atoms with van der Waals surface area (Å²) in [5.41, 5.74) is -0.150. The van der Waals surface area contributed by atoms with Gasteiger partial charge in [-0.15, -0.1) is 0 Å². The number of aliphatic hydroxyl groups is 1. The molecule has 0 radical (unpaired) electrons. The molecule has 1 aromatic heterocycles. The van der Waals surface area contributed by atoms with Gasteiger partial charge in [-0.3, -0.25) is 10.1 Å². The number of hydrogen-bond donors (Lipinski definition) is 2. The lowest BCUT2D eigenvalue weighted by atomic mass is 10.3. The molecule has 0 fully saturated rings. The number of nitro groups is 1. The minimum atomic E-state index is -4.72. The summed E-state index contributed by atoms with van der Waals surface area (Å²) in [6, 6.07) is 2.30. The number of rotatable bonds is 4. The smallest absolute Gasteiger partial charge is 0.382 e. The van der Waals surface area contributed by atoms with Crippen LogP contribution in [0.15, 0.2) is 12.1 Å². The summed E-state index contributed by atoms with van der Waals surface area (Å²) in [7, 11) is 0. The molecule has 0 bridgehead atoms. The summed E-state index contributed by atoms with van der Waals surface area (Å²) in [6.07, 6.45) is -7.24. The van der Waals surface area contributed by atoms with E-state index in [1.807, 2.05) is 0 Å². The molecule has 18 heavy (non-hydrogen) atoms. The van der Waals surface area contributed by atoms with Crippen LogP contribution in [0.2, 0.25) is 0 Å². The van der Waals surface area contributed by atoms with Crippen LogP contribution < -0.4 is 5.32 Å². The Bertz CT molecular complexity index is 450. The molecular weight excluding hydrogens is 255 g/mol. The van der Waals surface area contributed by atoms with Crippen LogP contribution in [0.5, 0.6) is 0 Å². The number of anilines is 1. The summed E-state index contributed by atoms with van der Waals surface area (Å²) in [5, 5.41) is 21.5. The summed E-state index contributed by atoms with van der Waals surface area (Å²) in [6.45, 7) is 0.594. The van der Waals surface area contributed by atoms with Crippen molar-refractivity contribution >= 4 is 11.5 Å². The van der Waals surface area contributed by atoms with Gasteiger partial charge in [-0.05, 0) is 13.0 Å². The molecule has 6 nitrogen and oxygen atoms in total. The number of aromatic nitrogens is 1. The van der Waals surface area contributed by atoms with E-state index in [4.69, 9.17) is 5.11 Å². The Labute approximate surface area is 99.6 Å². The predicted molar refractivity (Wildman–Crippen MR) is 56.2 cm³/mol. The molecule has 0 aliphatic carbocycles. The molecule has 0 aliphatic rings. The summed E-state index contributed by atoms with van der Waals surface area (Å²) >= 11 is 0. The molecule has 1 heterocycles. The van der Waals surface area contributed by atoms with Gasteiger partial charge in [0.2, 0.25) is 0 Å². The van der Waals surface area contributed by atoms with Crippen molar-refractivity contribution < 1.29 is 23.2 Å². The number of halogens is 3. The molecule has 0 aliphatic heterocycles. The van der Waals surface area contributed by atoms with E-state index in [1.165, 1.54) is 13.0 Å². The lowest BCUT2D eigenvalue weighted by Gasteiger charge is -2.15. The maximum Gasteiger partial charge on any atom is 0.416 e. The van der Waals surface area contributed by atoms with Crippen LogP contribution in [0.25, 0.3) is 0 Å². The first kappa shape index (κ1) is 14.2. The van der Waals surface area contributed by atoms with Crippen molar-refractivity contribution in [2.75, 3.05) is 11.9 Å². The molecule has 1 atom stereocenters. The molecule has 0 saturated carbocycles. The molecule has 100 valence electrons. The van der Waals surface area contributed by atoms with Crippen LogP contribution in [-0.2, 0) is 0 Å². The van der Waals surface area contributed by atoms with Gasteiger partial charge in [0.05, 0.1) is 11.5 Å². The SMILES string of the molecule is Cc1nc(NCC(O)C(F)(F)F)ccc1[N+](=O)[O-]. The summed E-state index contributed by atoms with van der Waals surface area (Å²) < 4.78 is 36.0. The van der Waals surface area contributed by atoms with Crippen LogP contribution in [0, 0.1) is 17.0 Å². The highest BCUT2D eigenvalue weighted by Gasteiger charge is 2.37. The van der Waals surface area contributed by atoms with Crippen LogP contribution in [0.1, 0.15) is 5.69 Å². The average Bonchev–Trinajstić information content (AvgIpc) is 2.24. The van der Waals surface area contributed by atoms with Gasteiger partial charge < -0.3 is 10.4 Å². The van der Waals surface area contributed by atoms with E-state index >= 15 is 0 Å². The van der Waals surface area contributed by atoms with E-state index < -0.39 is 23.7 Å². The molecule has 1 aromatic rings. The summed E-state index contributed by atoms with van der Waals surface area (Å²) in [4.78, 5) is 13.6. The Kier molecular flexibility index (Phi) is 4.07. The van der Waals surface area contributed by atoms with Gasteiger partial charge in [-0.2, -0.15) is 13.2 Å². The minimum Gasteiger partial charge on any atom is -0.382 e. The van der Waals surface area contributed by atoms with Crippen molar-refractivity contribution in [3.05, 3.63) is 27.9 Å². The third-order valence-electron chi connectivity index (χ3n) is 2.11. The van der Waals surface area contributed by atoms with Gasteiger partial charge >= 0.3 is 6.18 Å². The van der Waals surface area contributed by atoms with Crippen LogP contribution in [0.4, 0.5) is 24.7 Å². The lowest BCUT2D eigenvalue weighted by Crippen LogP contribution is -2.35. The highest BCUT2D eigenvalue weighted by Crippen LogP contribution is 2.21. The molecule has 0 spiro atoms. The Hall–Kier alpha value is -1.90. The molecule has 0 saturated heterocycles. The number of pyridine rings is 1. The molecular formula is C9H10F3N3O3. The van der Waals surface area contributed by atoms with Gasteiger partial charge in [0.1, 0.15) is 11.5 Å². The minimum absolute atomic E-state index is 0.0291. The average molecular weight is 265 g/mol. The Morgan fingerprint density at radius 3 is 2.61 bits per heavy atom. The Morgan fingerprint density at radius 1 is 1.56 bits per heavy atom. The second kappa shape index (κ2) is 5.17. The van der Waals surface area contributed by atoms with E-state index in [2.05, 4.69) is 10.3 Å². The van der Waals surface area contributed by atoms with Gasteiger partial charge in [0.25, 0.3) is 5.69 Å². The maximum atomic E-state index is 12.0. The molecule has 0 amide bonds. The standard InChI is InChI=1S/C9H10F3N3O3/c1-5-6(15(17)18)2-3-8(14-5)13-4-7(16)9(10,11)12/h2-3,7,16H,4H2,1H3,(H,13,14). The quantitative estimate of drug-likeness (QED) is 0.638. The second-order valence-corrected chi connectivity index (χ2v) is 3.50. The van der Waals surface area contributed by atoms with Gasteiger partial charge in [-0.25, -0.2) is 4.98 Å². The first-order chi connectivity index (χ1) is 8.21. The topological polar surface area (TPSA) is 88.3 Å². The number of hydrogen-bond acceptors (Lipinski definition) is 5. The summed E-state index contributed by atoms with van der Waals surface area (Å²) in [5.74, 6) is 0.0291. The van der Waals surface area contributed by atoms with Gasteiger partial charge in [0, 0.05) is 6.07 Å². The normalized spacial score (nSPS) is 13.2. The largest absolute Gasteiger partial charge is 0.416 e. The second-order valence-electron chi connectivity index (χ2n) is 3.50. The molecule has 9 heteroatoms. The zero-order chi connectivity index (χ0) is 13.9. The van der Waals surface area contributed by atoms with Crippen LogP contribution in [0.3, 0.4) is 0 Å². The third-order valence-corrected chi connectivity index (χ3v) is 2.11. The third kappa shape index (κ3) is 3.55. The van der Waals surface area contributed by atoms with Gasteiger partial charge in [-0.1, -0.05) is 0 Å². The van der Waals surface area contributed by atoms with E-state index in [9.17, 15) is 23.3 Å². The first-order valence-electron chi connectivity index (χ1n) is 4.82. The number of alkyl halides is 3. The van der Waals surface area contributed by atoms with E-state index in [-0.39, 0.29) is 17.2 Å². The number of nitrogens with one attached hydrogen (secondary N) is 1. The van der Waals surface area contributed by atoms with Crippen molar-refractivity contribution in [3.8, 4) is 0 Å². The van der Waals surface area contributed by atoms with Crippen molar-refractivity contribution in [1.82, 2.24) is 4.98 Å². The zero-order valence-electron chi connectivity index (χ0n) is 9.23. The monoisotopic (exact) mass is 265 g/mol. The van der Waals surface area contributed by atoms with Gasteiger partial charge in [0.15, 0.2) is 6.10 Å². The highest BCUT2D eigenvalue weighted by molar-refractivity contribution is 5.44. The fourth-order valence-electron chi connectivity index (χ4n) is 1.16. The predicted octanol–water partition coefficient (Wildman–Crippen LogP) is 1.63. The van der Waals surface area contributed by atoms with Crippen LogP contribution >= 0.6 is 0 Å². The van der Waals surface area contributed by atoms with E-state index in [0.717, 1.165) is 6.07 Å². The van der Waals surface area contributed by atoms with Crippen molar-refractivity contribution in [2.24, 2.45) is 0 Å². The maximum absolute atomic E-state index is 12.0. The van der Waals surface area contributed by atoms with Crippen molar-refractivity contribution in [1.29, 1.82) is 0 Å². The van der Waals surface area contributed by atoms with E-state index in [1.54, 1.807) is 0 Å². The Morgan fingerprint density at radius 2 is 2.17 bits per heavy atom. The molecule has 0 aromatic carbocycles. The number of aryl methyl sites for hydroxylation is 1. The molecule has 2 N–H and O–H groups in total. The molecule has 1 rings (SSSR count). The number of aliphatic hydroxyl groups excluding tert-OH is 1. The zero-order valence-corrected chi connectivity index (χ0v) is 9.23. The molecule has 1 unspecified atom stereocenters. The van der Waals surface area contributed by atoms with Crippen LogP contribution in [-0.4, -0.2) is 33.8 Å². The number of nitrogens with zero attached hydrogens (tertiary/aromatic N) is 2. The highest BCUT2D eigenvalue weighted by atomic mass is 19.4. The first-order valence-corrected chi connectivity index (χ1v) is 4.82. The van der Waals surface area contributed by atoms with Crippen molar-refractivity contribution in [3.63, 3.8) is 0 Å². The fourth-order valence-corrected chi connectivity index (χ4v) is 1.16. The van der Waals surface area contributed by atoms with E-state index in [0.29, 0.717) is 0 Å². The lowest BCUT2D eigenvalue weighted by molar-refractivity contribution is -0.385.